The molecule has 4 rings (SSSR count). The van der Waals surface area contributed by atoms with Crippen LogP contribution in [0.1, 0.15) is 141 Å². The van der Waals surface area contributed by atoms with Crippen LogP contribution in [0.5, 0.6) is 23.0 Å². The fourth-order valence-corrected chi connectivity index (χ4v) is 8.47. The molecule has 8 nitrogen and oxygen atoms in total. The number of hydrogen-bond acceptors (Lipinski definition) is 9. The number of benzene rings is 4. The van der Waals surface area contributed by atoms with Crippen LogP contribution in [0.3, 0.4) is 0 Å². The predicted octanol–water partition coefficient (Wildman–Crippen LogP) is 10.8. The van der Waals surface area contributed by atoms with Crippen LogP contribution in [-0.4, -0.2) is 57.1 Å². The molecule has 0 aliphatic heterocycles. The summed E-state index contributed by atoms with van der Waals surface area (Å²) in [6, 6.07) is 20.3. The van der Waals surface area contributed by atoms with Gasteiger partial charge in [-0.1, -0.05) is 107 Å². The fourth-order valence-electron chi connectivity index (χ4n) is 7.86. The molecule has 9 heteroatoms. The Balaban J connectivity index is 1.58. The van der Waals surface area contributed by atoms with Crippen molar-refractivity contribution in [2.75, 3.05) is 24.7 Å². The van der Waals surface area contributed by atoms with Gasteiger partial charge in [0.05, 0.1) is 0 Å². The smallest absolute Gasteiger partial charge is 0.320 e. The van der Waals surface area contributed by atoms with Gasteiger partial charge in [-0.05, 0) is 129 Å². The third kappa shape index (κ3) is 10.2. The molecule has 0 saturated carbocycles. The maximum atomic E-state index is 14.5. The van der Waals surface area contributed by atoms with Gasteiger partial charge in [0.15, 0.2) is 0 Å². The lowest BCUT2D eigenvalue weighted by Crippen LogP contribution is -2.40. The summed E-state index contributed by atoms with van der Waals surface area (Å²) in [6.07, 6.45) is 0. The standard InChI is InChI=1S/C50H66O8S/c1-45(2,3)39-27-31(51)15-19-35(39)49(13,36-20-16-32(52)28-40(36)46(4,5)6)43(55)57-23-25-59-26-24-58-44(56)50(14,37-21-17-33(53)29-41(37)47(7,8)9)38-22-18-34(54)30-42(38)48(10,11)12/h15-22,27-30,51-54H,23-26H2,1-14H3. The number of rotatable bonds is 12. The average molecular weight is 827 g/mol. The molecule has 0 aromatic heterocycles. The van der Waals surface area contributed by atoms with Crippen molar-refractivity contribution in [3.8, 4) is 23.0 Å². The van der Waals surface area contributed by atoms with E-state index in [2.05, 4.69) is 0 Å². The topological polar surface area (TPSA) is 134 Å². The summed E-state index contributed by atoms with van der Waals surface area (Å²) in [4.78, 5) is 29.1. The van der Waals surface area contributed by atoms with Crippen molar-refractivity contribution < 1.29 is 39.5 Å². The highest BCUT2D eigenvalue weighted by molar-refractivity contribution is 7.99. The lowest BCUT2D eigenvalue weighted by Gasteiger charge is -2.37. The van der Waals surface area contributed by atoms with E-state index < -0.39 is 44.4 Å². The van der Waals surface area contributed by atoms with Crippen molar-refractivity contribution in [1.82, 2.24) is 0 Å². The number of phenols is 4. The number of hydrogen-bond donors (Lipinski definition) is 4. The molecule has 4 aromatic rings. The summed E-state index contributed by atoms with van der Waals surface area (Å²) in [7, 11) is 0. The monoisotopic (exact) mass is 826 g/mol. The van der Waals surface area contributed by atoms with Gasteiger partial charge in [0, 0.05) is 11.5 Å². The van der Waals surface area contributed by atoms with Crippen LogP contribution in [0.15, 0.2) is 72.8 Å². The van der Waals surface area contributed by atoms with E-state index in [9.17, 15) is 30.0 Å². The average Bonchev–Trinajstić information content (AvgIpc) is 3.12. The molecule has 0 bridgehead atoms. The number of aromatic hydroxyl groups is 4. The second-order valence-electron chi connectivity index (χ2n) is 20.1. The molecule has 4 N–H and O–H groups in total. The van der Waals surface area contributed by atoms with Gasteiger partial charge in [-0.3, -0.25) is 9.59 Å². The van der Waals surface area contributed by atoms with E-state index in [1.165, 1.54) is 11.8 Å². The minimum absolute atomic E-state index is 0.0987. The SMILES string of the molecule is CC(C)(C)c1cc(O)ccc1C(C)(C(=O)OCCSCCOC(=O)C(C)(c1ccc(O)cc1C(C)(C)C)c1ccc(O)cc1C(C)(C)C)c1ccc(O)cc1C(C)(C)C. The molecule has 0 aliphatic carbocycles. The Morgan fingerprint density at radius 2 is 0.627 bits per heavy atom. The molecule has 59 heavy (non-hydrogen) atoms. The molecule has 0 atom stereocenters. The van der Waals surface area contributed by atoms with Gasteiger partial charge >= 0.3 is 11.9 Å². The zero-order chi connectivity index (χ0) is 44.5. The summed E-state index contributed by atoms with van der Waals surface area (Å²) < 4.78 is 12.2. The van der Waals surface area contributed by atoms with E-state index in [1.54, 1.807) is 72.8 Å². The number of ether oxygens (including phenoxy) is 2. The third-order valence-electron chi connectivity index (χ3n) is 11.1. The molecule has 0 radical (unpaired) electrons. The van der Waals surface area contributed by atoms with E-state index in [4.69, 9.17) is 9.47 Å². The van der Waals surface area contributed by atoms with Crippen LogP contribution in [-0.2, 0) is 51.6 Å². The maximum absolute atomic E-state index is 14.5. The third-order valence-corrected chi connectivity index (χ3v) is 12.0. The van der Waals surface area contributed by atoms with Gasteiger partial charge in [-0.15, -0.1) is 0 Å². The Kier molecular flexibility index (Phi) is 13.7. The summed E-state index contributed by atoms with van der Waals surface area (Å²) in [5.41, 5.74) is 1.75. The first-order chi connectivity index (χ1) is 27.0. The van der Waals surface area contributed by atoms with Crippen LogP contribution in [0.2, 0.25) is 0 Å². The van der Waals surface area contributed by atoms with E-state index in [1.807, 2.05) is 96.9 Å². The van der Waals surface area contributed by atoms with Crippen molar-refractivity contribution in [3.63, 3.8) is 0 Å². The van der Waals surface area contributed by atoms with E-state index in [-0.39, 0.29) is 36.2 Å². The van der Waals surface area contributed by atoms with Crippen molar-refractivity contribution >= 4 is 23.7 Å². The normalized spacial score (nSPS) is 13.0. The van der Waals surface area contributed by atoms with Gasteiger partial charge in [-0.25, -0.2) is 0 Å². The van der Waals surface area contributed by atoms with E-state index in [0.29, 0.717) is 33.8 Å². The van der Waals surface area contributed by atoms with Crippen molar-refractivity contribution in [1.29, 1.82) is 0 Å². The number of phenolic OH excluding ortho intramolecular Hbond substituents is 4. The fraction of sp³-hybridized carbons (Fsp3) is 0.480. The maximum Gasteiger partial charge on any atom is 0.320 e. The highest BCUT2D eigenvalue weighted by atomic mass is 32.2. The van der Waals surface area contributed by atoms with E-state index >= 15 is 0 Å². The molecule has 4 aromatic carbocycles. The molecule has 0 aliphatic rings. The Morgan fingerprint density at radius 1 is 0.407 bits per heavy atom. The number of carbonyl (C=O) groups excluding carboxylic acids is 2. The second-order valence-corrected chi connectivity index (χ2v) is 21.3. The zero-order valence-electron chi connectivity index (χ0n) is 37.6. The molecule has 0 heterocycles. The lowest BCUT2D eigenvalue weighted by atomic mass is 9.66. The highest BCUT2D eigenvalue weighted by Crippen LogP contribution is 2.47. The highest BCUT2D eigenvalue weighted by Gasteiger charge is 2.46. The van der Waals surface area contributed by atoms with Crippen LogP contribution >= 0.6 is 11.8 Å². The Bertz CT molecular complexity index is 1880. The van der Waals surface area contributed by atoms with Gasteiger partial charge in [-0.2, -0.15) is 11.8 Å². The minimum Gasteiger partial charge on any atom is -0.508 e. The number of carbonyl (C=O) groups is 2. The van der Waals surface area contributed by atoms with Gasteiger partial charge in [0.25, 0.3) is 0 Å². The van der Waals surface area contributed by atoms with Crippen molar-refractivity contribution in [2.45, 2.75) is 129 Å². The summed E-state index contributed by atoms with van der Waals surface area (Å²) in [5, 5.41) is 42.2. The minimum atomic E-state index is -1.29. The molecule has 0 saturated heterocycles. The van der Waals surface area contributed by atoms with Gasteiger partial charge in [0.1, 0.15) is 47.0 Å². The van der Waals surface area contributed by atoms with Crippen LogP contribution < -0.4 is 0 Å². The largest absolute Gasteiger partial charge is 0.508 e. The Morgan fingerprint density at radius 3 is 0.831 bits per heavy atom. The van der Waals surface area contributed by atoms with Crippen molar-refractivity contribution in [2.24, 2.45) is 0 Å². The lowest BCUT2D eigenvalue weighted by molar-refractivity contribution is -0.148. The molecule has 0 unspecified atom stereocenters. The van der Waals surface area contributed by atoms with Crippen molar-refractivity contribution in [3.05, 3.63) is 117 Å². The summed E-state index contributed by atoms with van der Waals surface area (Å²) in [6.45, 7) is 28.3. The predicted molar refractivity (Wildman–Crippen MR) is 239 cm³/mol. The second kappa shape index (κ2) is 17.2. The molecule has 0 fully saturated rings. The Hall–Kier alpha value is -4.63. The summed E-state index contributed by atoms with van der Waals surface area (Å²) >= 11 is 1.49. The quantitative estimate of drug-likeness (QED) is 0.0813. The first-order valence-electron chi connectivity index (χ1n) is 20.3. The van der Waals surface area contributed by atoms with Crippen LogP contribution in [0, 0.1) is 0 Å². The first-order valence-corrected chi connectivity index (χ1v) is 21.5. The first kappa shape index (κ1) is 47.1. The van der Waals surface area contributed by atoms with Gasteiger partial charge in [0.2, 0.25) is 0 Å². The molecule has 0 spiro atoms. The van der Waals surface area contributed by atoms with Crippen LogP contribution in [0.25, 0.3) is 0 Å². The number of esters is 2. The Labute approximate surface area is 356 Å². The molecule has 0 amide bonds. The van der Waals surface area contributed by atoms with E-state index in [0.717, 1.165) is 22.3 Å². The van der Waals surface area contributed by atoms with Crippen LogP contribution in [0.4, 0.5) is 0 Å². The zero-order valence-corrected chi connectivity index (χ0v) is 38.4. The summed E-state index contributed by atoms with van der Waals surface area (Å²) in [5.74, 6) is 0.372. The number of thioether (sulfide) groups is 1. The van der Waals surface area contributed by atoms with Gasteiger partial charge < -0.3 is 29.9 Å². The molecular formula is C50H66O8S. The molecule has 320 valence electrons. The molecular weight excluding hydrogens is 761 g/mol.